The van der Waals surface area contributed by atoms with Gasteiger partial charge < -0.3 is 4.74 Å². The Morgan fingerprint density at radius 2 is 1.61 bits per heavy atom. The summed E-state index contributed by atoms with van der Waals surface area (Å²) in [5.74, 6) is -2.59. The number of unbranched alkanes of at least 4 members (excludes halogenated alkanes) is 1. The van der Waals surface area contributed by atoms with Crippen LogP contribution in [0, 0.1) is 5.82 Å². The molecule has 0 atom stereocenters. The minimum atomic E-state index is -3.86. The molecule has 176 valence electrons. The predicted octanol–water partition coefficient (Wildman–Crippen LogP) is 3.09. The van der Waals surface area contributed by atoms with E-state index in [4.69, 9.17) is 4.74 Å². The topological polar surface area (TPSA) is 101 Å². The molecule has 0 bridgehead atoms. The number of carbonyl (C=O) groups excluding carboxylic acids is 3. The van der Waals surface area contributed by atoms with Crippen LogP contribution >= 0.6 is 0 Å². The van der Waals surface area contributed by atoms with Crippen LogP contribution in [0.15, 0.2) is 47.4 Å². The molecule has 1 aliphatic heterocycles. The summed E-state index contributed by atoms with van der Waals surface area (Å²) in [7, 11) is -3.86. The van der Waals surface area contributed by atoms with E-state index in [1.807, 2.05) is 0 Å². The van der Waals surface area contributed by atoms with Gasteiger partial charge in [0.05, 0.1) is 28.2 Å². The molecule has 2 aromatic carbocycles. The quantitative estimate of drug-likeness (QED) is 0.297. The zero-order valence-electron chi connectivity index (χ0n) is 18.4. The largest absolute Gasteiger partial charge is 0.462 e. The lowest BCUT2D eigenvalue weighted by molar-refractivity contribution is 0.0480. The van der Waals surface area contributed by atoms with Crippen molar-refractivity contribution in [1.82, 2.24) is 9.21 Å². The fourth-order valence-corrected chi connectivity index (χ4v) is 5.08. The summed E-state index contributed by atoms with van der Waals surface area (Å²) in [4.78, 5) is 38.0. The van der Waals surface area contributed by atoms with Crippen molar-refractivity contribution >= 4 is 27.8 Å². The van der Waals surface area contributed by atoms with E-state index in [-0.39, 0.29) is 43.0 Å². The molecule has 0 aliphatic carbocycles. The Bertz CT molecular complexity index is 1140. The normalized spacial score (nSPS) is 13.5. The van der Waals surface area contributed by atoms with Crippen molar-refractivity contribution in [3.63, 3.8) is 0 Å². The van der Waals surface area contributed by atoms with Crippen LogP contribution in [0.4, 0.5) is 4.39 Å². The van der Waals surface area contributed by atoms with Gasteiger partial charge in [-0.2, -0.15) is 4.31 Å². The number of hydrogen-bond donors (Lipinski definition) is 0. The lowest BCUT2D eigenvalue weighted by Crippen LogP contribution is -2.31. The number of fused-ring (bicyclic) bond motifs is 1. The number of benzene rings is 2. The molecule has 33 heavy (non-hydrogen) atoms. The summed E-state index contributed by atoms with van der Waals surface area (Å²) < 4.78 is 45.7. The molecule has 0 fully saturated rings. The van der Waals surface area contributed by atoms with Gasteiger partial charge in [0, 0.05) is 19.6 Å². The predicted molar refractivity (Wildman–Crippen MR) is 118 cm³/mol. The number of imide groups is 1. The zero-order chi connectivity index (χ0) is 24.2. The van der Waals surface area contributed by atoms with Crippen LogP contribution in [-0.4, -0.2) is 61.6 Å². The third kappa shape index (κ3) is 4.96. The van der Waals surface area contributed by atoms with E-state index in [2.05, 4.69) is 0 Å². The molecule has 0 aromatic heterocycles. The number of sulfonamides is 1. The minimum Gasteiger partial charge on any atom is -0.462 e. The highest BCUT2D eigenvalue weighted by Gasteiger charge is 2.34. The number of amides is 2. The first-order chi connectivity index (χ1) is 15.7. The molecule has 0 saturated carbocycles. The molecule has 8 nitrogen and oxygen atoms in total. The van der Waals surface area contributed by atoms with Gasteiger partial charge in [-0.15, -0.1) is 0 Å². The second-order valence-corrected chi connectivity index (χ2v) is 9.32. The molecule has 1 heterocycles. The van der Waals surface area contributed by atoms with Crippen LogP contribution in [-0.2, 0) is 14.8 Å². The first kappa shape index (κ1) is 24.5. The third-order valence-electron chi connectivity index (χ3n) is 5.39. The monoisotopic (exact) mass is 476 g/mol. The average molecular weight is 477 g/mol. The third-order valence-corrected chi connectivity index (χ3v) is 7.43. The smallest absolute Gasteiger partial charge is 0.341 e. The highest BCUT2D eigenvalue weighted by atomic mass is 32.2. The van der Waals surface area contributed by atoms with E-state index in [9.17, 15) is 27.2 Å². The number of esters is 1. The number of rotatable bonds is 10. The maximum atomic E-state index is 14.2. The molecule has 0 unspecified atom stereocenters. The number of halogens is 1. The molecule has 0 spiro atoms. The van der Waals surface area contributed by atoms with Crippen molar-refractivity contribution in [2.45, 2.75) is 31.6 Å². The molecule has 0 radical (unpaired) electrons. The number of ether oxygens (including phenoxy) is 1. The summed E-state index contributed by atoms with van der Waals surface area (Å²) >= 11 is 0. The van der Waals surface area contributed by atoms with Crippen LogP contribution in [0.1, 0.15) is 57.8 Å². The van der Waals surface area contributed by atoms with E-state index in [0.717, 1.165) is 23.1 Å². The van der Waals surface area contributed by atoms with Gasteiger partial charge in [-0.25, -0.2) is 17.6 Å². The van der Waals surface area contributed by atoms with Gasteiger partial charge in [-0.3, -0.25) is 14.5 Å². The van der Waals surface area contributed by atoms with Gasteiger partial charge in [-0.1, -0.05) is 26.0 Å². The SMILES string of the molecule is CCN(CC)S(=O)(=O)c1ccc(F)c(C(=O)OCCCCN2C(=O)c3ccccc3C2=O)c1. The van der Waals surface area contributed by atoms with E-state index >= 15 is 0 Å². The molecule has 0 saturated heterocycles. The molecule has 2 aromatic rings. The summed E-state index contributed by atoms with van der Waals surface area (Å²) in [5.41, 5.74) is 0.261. The van der Waals surface area contributed by atoms with Crippen molar-refractivity contribution < 1.29 is 31.9 Å². The number of nitrogens with zero attached hydrogens (tertiary/aromatic N) is 2. The molecule has 3 rings (SSSR count). The Kier molecular flexibility index (Phi) is 7.60. The van der Waals surface area contributed by atoms with E-state index < -0.39 is 27.4 Å². The van der Waals surface area contributed by atoms with Gasteiger partial charge in [-0.05, 0) is 43.2 Å². The maximum Gasteiger partial charge on any atom is 0.341 e. The van der Waals surface area contributed by atoms with Crippen molar-refractivity contribution in [3.8, 4) is 0 Å². The molecule has 0 N–H and O–H groups in total. The lowest BCUT2D eigenvalue weighted by atomic mass is 10.1. The molecular weight excluding hydrogens is 451 g/mol. The second kappa shape index (κ2) is 10.2. The van der Waals surface area contributed by atoms with Crippen LogP contribution in [0.2, 0.25) is 0 Å². The van der Waals surface area contributed by atoms with Crippen molar-refractivity contribution in [2.24, 2.45) is 0 Å². The van der Waals surface area contributed by atoms with E-state index in [0.29, 0.717) is 24.0 Å². The zero-order valence-corrected chi connectivity index (χ0v) is 19.2. The Hall–Kier alpha value is -3.11. The standard InChI is InChI=1S/C23H25FN2O6S/c1-3-25(4-2)33(30,31)16-11-12-20(24)19(15-16)23(29)32-14-8-7-13-26-21(27)17-9-5-6-10-18(17)22(26)28/h5-6,9-12,15H,3-4,7-8,13-14H2,1-2H3. The minimum absolute atomic E-state index is 0.0749. The Labute approximate surface area is 192 Å². The van der Waals surface area contributed by atoms with Crippen molar-refractivity contribution in [2.75, 3.05) is 26.2 Å². The summed E-state index contributed by atoms with van der Waals surface area (Å²) in [6.07, 6.45) is 0.718. The van der Waals surface area contributed by atoms with Gasteiger partial charge in [0.25, 0.3) is 11.8 Å². The average Bonchev–Trinajstić information content (AvgIpc) is 3.04. The fraction of sp³-hybridized carbons (Fsp3) is 0.348. The lowest BCUT2D eigenvalue weighted by Gasteiger charge is -2.18. The first-order valence-electron chi connectivity index (χ1n) is 10.6. The molecule has 10 heteroatoms. The Morgan fingerprint density at radius 1 is 1.00 bits per heavy atom. The summed E-state index contributed by atoms with van der Waals surface area (Å²) in [6, 6.07) is 9.59. The highest BCUT2D eigenvalue weighted by Crippen LogP contribution is 2.23. The molecule has 2 amide bonds. The number of carbonyl (C=O) groups is 3. The van der Waals surface area contributed by atoms with E-state index in [1.165, 1.54) is 4.31 Å². The summed E-state index contributed by atoms with van der Waals surface area (Å²) in [6.45, 7) is 3.93. The van der Waals surface area contributed by atoms with Crippen LogP contribution < -0.4 is 0 Å². The molecular formula is C23H25FN2O6S. The highest BCUT2D eigenvalue weighted by molar-refractivity contribution is 7.89. The maximum absolute atomic E-state index is 14.2. The van der Waals surface area contributed by atoms with Crippen molar-refractivity contribution in [3.05, 3.63) is 65.0 Å². The Morgan fingerprint density at radius 3 is 2.18 bits per heavy atom. The van der Waals surface area contributed by atoms with Gasteiger partial charge in [0.15, 0.2) is 0 Å². The number of hydrogen-bond acceptors (Lipinski definition) is 6. The first-order valence-corrected chi connectivity index (χ1v) is 12.1. The van der Waals surface area contributed by atoms with Gasteiger partial charge in [0.1, 0.15) is 5.82 Å². The molecule has 1 aliphatic rings. The van der Waals surface area contributed by atoms with Crippen LogP contribution in [0.3, 0.4) is 0 Å². The van der Waals surface area contributed by atoms with Crippen LogP contribution in [0.25, 0.3) is 0 Å². The fourth-order valence-electron chi connectivity index (χ4n) is 3.59. The summed E-state index contributed by atoms with van der Waals surface area (Å²) in [5, 5.41) is 0. The Balaban J connectivity index is 1.56. The van der Waals surface area contributed by atoms with Crippen molar-refractivity contribution in [1.29, 1.82) is 0 Å². The van der Waals surface area contributed by atoms with Gasteiger partial charge in [0.2, 0.25) is 10.0 Å². The van der Waals surface area contributed by atoms with Gasteiger partial charge >= 0.3 is 5.97 Å². The second-order valence-electron chi connectivity index (χ2n) is 7.38. The van der Waals surface area contributed by atoms with Crippen LogP contribution in [0.5, 0.6) is 0 Å². The van der Waals surface area contributed by atoms with E-state index in [1.54, 1.807) is 38.1 Å².